The van der Waals surface area contributed by atoms with E-state index in [2.05, 4.69) is 5.32 Å². The van der Waals surface area contributed by atoms with Crippen LogP contribution in [0.2, 0.25) is 5.02 Å². The van der Waals surface area contributed by atoms with Gasteiger partial charge in [0.2, 0.25) is 11.8 Å². The van der Waals surface area contributed by atoms with Crippen LogP contribution in [0.3, 0.4) is 0 Å². The summed E-state index contributed by atoms with van der Waals surface area (Å²) in [6.45, 7) is 8.02. The Hall–Kier alpha value is -3.57. The molecular weight excluding hydrogens is 603 g/mol. The SMILES string of the molecule is CC[C@H](C(=O)NC(C)(C)C)N(Cc1ccccc1C)C(=O)CN(c1ccc(Cl)c(C(F)(F)F)c1)S(=O)(=O)c1ccccc1. The molecule has 0 bridgehead atoms. The standard InChI is InChI=1S/C31H35ClF3N3O4S/c1-6-27(29(40)36-30(3,4)5)37(19-22-13-11-10-12-21(22)2)28(39)20-38(43(41,42)24-14-8-7-9-15-24)23-16-17-26(32)25(18-23)31(33,34)35/h7-18,27H,6,19-20H2,1-5H3,(H,36,40)/t27-/m1/s1. The molecule has 0 saturated heterocycles. The summed E-state index contributed by atoms with van der Waals surface area (Å²) in [6, 6.07) is 16.0. The molecule has 7 nitrogen and oxygen atoms in total. The lowest BCUT2D eigenvalue weighted by atomic mass is 10.0. The molecule has 3 aromatic carbocycles. The maximum atomic E-state index is 14.1. The lowest BCUT2D eigenvalue weighted by molar-refractivity contribution is -0.141. The van der Waals surface area contributed by atoms with Crippen molar-refractivity contribution < 1.29 is 31.2 Å². The van der Waals surface area contributed by atoms with Gasteiger partial charge in [0.15, 0.2) is 0 Å². The molecule has 0 aromatic heterocycles. The van der Waals surface area contributed by atoms with Crippen LogP contribution in [0.5, 0.6) is 0 Å². The zero-order valence-electron chi connectivity index (χ0n) is 24.6. The number of halogens is 4. The third kappa shape index (κ3) is 8.51. The Morgan fingerprint density at radius 1 is 0.953 bits per heavy atom. The molecule has 0 aliphatic rings. The molecule has 1 atom stereocenters. The molecular formula is C31H35ClF3N3O4S. The number of carbonyl (C=O) groups is 2. The highest BCUT2D eigenvalue weighted by molar-refractivity contribution is 7.92. The molecule has 0 saturated carbocycles. The second-order valence-corrected chi connectivity index (χ2v) is 13.4. The first kappa shape index (κ1) is 33.9. The van der Waals surface area contributed by atoms with Crippen LogP contribution in [0.1, 0.15) is 50.8 Å². The van der Waals surface area contributed by atoms with E-state index in [9.17, 15) is 31.2 Å². The minimum Gasteiger partial charge on any atom is -0.350 e. The zero-order chi connectivity index (χ0) is 32.2. The fourth-order valence-corrected chi connectivity index (χ4v) is 6.13. The van der Waals surface area contributed by atoms with Crippen molar-refractivity contribution in [2.75, 3.05) is 10.8 Å². The van der Waals surface area contributed by atoms with Gasteiger partial charge in [-0.3, -0.25) is 13.9 Å². The quantitative estimate of drug-likeness (QED) is 0.272. The number of anilines is 1. The first-order valence-electron chi connectivity index (χ1n) is 13.6. The maximum Gasteiger partial charge on any atom is 0.417 e. The number of carbonyl (C=O) groups excluding carboxylic acids is 2. The third-order valence-electron chi connectivity index (χ3n) is 6.64. The highest BCUT2D eigenvalue weighted by atomic mass is 35.5. The minimum absolute atomic E-state index is 0.0325. The first-order valence-corrected chi connectivity index (χ1v) is 15.4. The van der Waals surface area contributed by atoms with Gasteiger partial charge in [-0.15, -0.1) is 0 Å². The molecule has 0 aliphatic carbocycles. The number of aryl methyl sites for hydroxylation is 1. The van der Waals surface area contributed by atoms with Crippen molar-refractivity contribution in [2.45, 2.75) is 70.2 Å². The molecule has 2 amide bonds. The fraction of sp³-hybridized carbons (Fsp3) is 0.355. The number of alkyl halides is 3. The Morgan fingerprint density at radius 2 is 1.56 bits per heavy atom. The average Bonchev–Trinajstić information content (AvgIpc) is 2.91. The number of amides is 2. The van der Waals surface area contributed by atoms with Gasteiger partial charge in [-0.25, -0.2) is 8.42 Å². The van der Waals surface area contributed by atoms with E-state index in [0.717, 1.165) is 23.3 Å². The Balaban J connectivity index is 2.16. The van der Waals surface area contributed by atoms with E-state index in [4.69, 9.17) is 11.6 Å². The monoisotopic (exact) mass is 637 g/mol. The van der Waals surface area contributed by atoms with Crippen LogP contribution in [0, 0.1) is 6.92 Å². The normalized spacial score (nSPS) is 12.9. The average molecular weight is 638 g/mol. The van der Waals surface area contributed by atoms with Crippen molar-refractivity contribution in [3.63, 3.8) is 0 Å². The lowest BCUT2D eigenvalue weighted by Crippen LogP contribution is -2.55. The minimum atomic E-state index is -4.88. The van der Waals surface area contributed by atoms with Gasteiger partial charge < -0.3 is 10.2 Å². The summed E-state index contributed by atoms with van der Waals surface area (Å²) in [7, 11) is -4.55. The molecule has 1 N–H and O–H groups in total. The highest BCUT2D eigenvalue weighted by Gasteiger charge is 2.37. The van der Waals surface area contributed by atoms with Crippen molar-refractivity contribution in [2.24, 2.45) is 0 Å². The van der Waals surface area contributed by atoms with Gasteiger partial charge in [-0.2, -0.15) is 13.2 Å². The molecule has 43 heavy (non-hydrogen) atoms. The number of sulfonamides is 1. The van der Waals surface area contributed by atoms with Crippen molar-refractivity contribution in [3.05, 3.63) is 94.5 Å². The smallest absolute Gasteiger partial charge is 0.350 e. The summed E-state index contributed by atoms with van der Waals surface area (Å²) < 4.78 is 69.7. The second kappa shape index (κ2) is 13.4. The van der Waals surface area contributed by atoms with Crippen LogP contribution in [0.4, 0.5) is 18.9 Å². The van der Waals surface area contributed by atoms with E-state index in [1.807, 2.05) is 19.1 Å². The van der Waals surface area contributed by atoms with Crippen molar-refractivity contribution in [1.29, 1.82) is 0 Å². The van der Waals surface area contributed by atoms with E-state index in [1.165, 1.54) is 29.2 Å². The predicted octanol–water partition coefficient (Wildman–Crippen LogP) is 6.58. The lowest BCUT2D eigenvalue weighted by Gasteiger charge is -2.35. The van der Waals surface area contributed by atoms with E-state index in [0.29, 0.717) is 10.4 Å². The number of nitrogens with one attached hydrogen (secondary N) is 1. The molecule has 12 heteroatoms. The Kier molecular flexibility index (Phi) is 10.6. The molecule has 3 aromatic rings. The Morgan fingerprint density at radius 3 is 2.12 bits per heavy atom. The number of benzene rings is 3. The third-order valence-corrected chi connectivity index (χ3v) is 8.76. The van der Waals surface area contributed by atoms with Crippen molar-refractivity contribution in [3.8, 4) is 0 Å². The van der Waals surface area contributed by atoms with Crippen LogP contribution in [-0.2, 0) is 32.3 Å². The number of nitrogens with zero attached hydrogens (tertiary/aromatic N) is 2. The molecule has 0 heterocycles. The molecule has 0 spiro atoms. The van der Waals surface area contributed by atoms with Gasteiger partial charge >= 0.3 is 6.18 Å². The molecule has 0 fully saturated rings. The van der Waals surface area contributed by atoms with Crippen LogP contribution < -0.4 is 9.62 Å². The van der Waals surface area contributed by atoms with Gasteiger partial charge in [0, 0.05) is 12.1 Å². The largest absolute Gasteiger partial charge is 0.417 e. The molecule has 0 unspecified atom stereocenters. The van der Waals surface area contributed by atoms with Gasteiger partial charge in [-0.1, -0.05) is 61.0 Å². The van der Waals surface area contributed by atoms with Gasteiger partial charge in [0.05, 0.1) is 21.2 Å². The fourth-order valence-electron chi connectivity index (χ4n) is 4.48. The second-order valence-electron chi connectivity index (χ2n) is 11.1. The molecule has 3 rings (SSSR count). The summed E-state index contributed by atoms with van der Waals surface area (Å²) in [4.78, 5) is 28.6. The number of rotatable bonds is 10. The zero-order valence-corrected chi connectivity index (χ0v) is 26.1. The van der Waals surface area contributed by atoms with Crippen molar-refractivity contribution >= 4 is 39.1 Å². The van der Waals surface area contributed by atoms with Gasteiger partial charge in [-0.05, 0) is 75.6 Å². The van der Waals surface area contributed by atoms with Crippen LogP contribution in [-0.4, -0.2) is 43.3 Å². The molecule has 0 radical (unpaired) electrons. The highest BCUT2D eigenvalue weighted by Crippen LogP contribution is 2.38. The van der Waals surface area contributed by atoms with Gasteiger partial charge in [0.25, 0.3) is 10.0 Å². The van der Waals surface area contributed by atoms with Gasteiger partial charge in [0.1, 0.15) is 12.6 Å². The Labute approximate surface area is 255 Å². The van der Waals surface area contributed by atoms with E-state index >= 15 is 0 Å². The Bertz CT molecular complexity index is 1560. The van der Waals surface area contributed by atoms with E-state index in [1.54, 1.807) is 45.9 Å². The van der Waals surface area contributed by atoms with E-state index in [-0.39, 0.29) is 17.9 Å². The summed E-state index contributed by atoms with van der Waals surface area (Å²) in [5, 5.41) is 2.25. The first-order chi connectivity index (χ1) is 20.0. The van der Waals surface area contributed by atoms with Crippen LogP contribution in [0.25, 0.3) is 0 Å². The summed E-state index contributed by atoms with van der Waals surface area (Å²) in [6.07, 6.45) is -4.68. The van der Waals surface area contributed by atoms with E-state index < -0.39 is 62.4 Å². The topological polar surface area (TPSA) is 86.8 Å². The number of hydrogen-bond donors (Lipinski definition) is 1. The number of hydrogen-bond acceptors (Lipinski definition) is 4. The van der Waals surface area contributed by atoms with Crippen LogP contribution >= 0.6 is 11.6 Å². The van der Waals surface area contributed by atoms with Crippen molar-refractivity contribution in [1.82, 2.24) is 10.2 Å². The predicted molar refractivity (Wildman–Crippen MR) is 161 cm³/mol. The van der Waals surface area contributed by atoms with Crippen LogP contribution in [0.15, 0.2) is 77.7 Å². The summed E-state index contributed by atoms with van der Waals surface area (Å²) in [5.74, 6) is -1.22. The maximum absolute atomic E-state index is 14.1. The molecule has 0 aliphatic heterocycles. The summed E-state index contributed by atoms with van der Waals surface area (Å²) in [5.41, 5.74) is -0.715. The molecule has 232 valence electrons. The summed E-state index contributed by atoms with van der Waals surface area (Å²) >= 11 is 5.82.